The Bertz CT molecular complexity index is 2130. The van der Waals surface area contributed by atoms with Crippen molar-refractivity contribution in [2.24, 2.45) is 0 Å². The Balaban J connectivity index is 1.26. The lowest BCUT2D eigenvalue weighted by Gasteiger charge is -2.21. The molecule has 1 aliphatic rings. The largest absolute Gasteiger partial charge is 0.485 e. The monoisotopic (exact) mass is 798 g/mol. The number of benzene rings is 4. The van der Waals surface area contributed by atoms with Gasteiger partial charge in [-0.3, -0.25) is 18.0 Å². The highest BCUT2D eigenvalue weighted by Gasteiger charge is 2.40. The van der Waals surface area contributed by atoms with Crippen molar-refractivity contribution in [3.05, 3.63) is 119 Å². The number of carbonyl (C=O) groups is 2. The molecule has 0 bridgehead atoms. The van der Waals surface area contributed by atoms with Crippen molar-refractivity contribution in [2.75, 3.05) is 37.4 Å². The smallest absolute Gasteiger partial charge is 0.313 e. The molecule has 13 nitrogen and oxygen atoms in total. The van der Waals surface area contributed by atoms with Crippen LogP contribution >= 0.6 is 11.6 Å². The quantitative estimate of drug-likeness (QED) is 0.104. The van der Waals surface area contributed by atoms with E-state index < -0.39 is 44.3 Å². The summed E-state index contributed by atoms with van der Waals surface area (Å²) in [6.07, 6.45) is 0.231. The number of aryl methyl sites for hydroxylation is 1. The van der Waals surface area contributed by atoms with E-state index in [1.807, 2.05) is 0 Å². The zero-order valence-electron chi connectivity index (χ0n) is 29.4. The van der Waals surface area contributed by atoms with E-state index in [0.29, 0.717) is 39.3 Å². The van der Waals surface area contributed by atoms with E-state index in [9.17, 15) is 26.4 Å². The lowest BCUT2D eigenvalue weighted by atomic mass is 10.1. The number of nitrogens with one attached hydrogen (secondary N) is 1. The summed E-state index contributed by atoms with van der Waals surface area (Å²) in [5.74, 6) is 0.146. The predicted octanol–water partition coefficient (Wildman–Crippen LogP) is 6.05. The van der Waals surface area contributed by atoms with E-state index in [1.54, 1.807) is 111 Å². The zero-order chi connectivity index (χ0) is 38.7. The Hall–Kier alpha value is -4.93. The van der Waals surface area contributed by atoms with Crippen molar-refractivity contribution in [1.29, 1.82) is 0 Å². The summed E-state index contributed by atoms with van der Waals surface area (Å²) in [6, 6.07) is 26.8. The third-order valence-electron chi connectivity index (χ3n) is 7.88. The maximum absolute atomic E-state index is 13.4. The summed E-state index contributed by atoms with van der Waals surface area (Å²) < 4.78 is 75.5. The van der Waals surface area contributed by atoms with Crippen LogP contribution in [0.2, 0.25) is 5.02 Å². The van der Waals surface area contributed by atoms with Gasteiger partial charge < -0.3 is 24.4 Å². The minimum absolute atomic E-state index is 0.0164. The number of ether oxygens (including phenoxy) is 3. The van der Waals surface area contributed by atoms with Gasteiger partial charge in [-0.05, 0) is 110 Å². The van der Waals surface area contributed by atoms with Crippen LogP contribution in [0.15, 0.2) is 102 Å². The first-order valence-corrected chi connectivity index (χ1v) is 20.3. The van der Waals surface area contributed by atoms with Gasteiger partial charge in [0, 0.05) is 10.7 Å². The first-order valence-electron chi connectivity index (χ1n) is 16.9. The molecule has 0 aliphatic carbocycles. The van der Waals surface area contributed by atoms with Crippen molar-refractivity contribution >= 4 is 55.4 Å². The highest BCUT2D eigenvalue weighted by Crippen LogP contribution is 2.27. The normalized spacial score (nSPS) is 15.9. The summed E-state index contributed by atoms with van der Waals surface area (Å²) in [7, 11) is -7.44. The van der Waals surface area contributed by atoms with E-state index in [0.717, 1.165) is 11.0 Å². The average Bonchev–Trinajstić information content (AvgIpc) is 3.54. The number of hydrogen-bond donors (Lipinski definition) is 1. The molecule has 286 valence electrons. The SMILES string of the molecule is CCOS(=O)(=O)/C=C/c1ccc(O[C@@H]2CN(C(=O)C(=O)Nc3ccc(Oc4ccc(Cl)cc4)cc3)C[C@@H]2Oc2ccc(CCS(=O)(=O)OCC)cc2)cc1. The minimum Gasteiger partial charge on any atom is -0.485 e. The number of likely N-dealkylation sites (tertiary alicyclic amines) is 1. The summed E-state index contributed by atoms with van der Waals surface area (Å²) in [5, 5.41) is 4.17. The third-order valence-corrected chi connectivity index (χ3v) is 10.5. The predicted molar refractivity (Wildman–Crippen MR) is 204 cm³/mol. The molecule has 2 amide bonds. The van der Waals surface area contributed by atoms with Gasteiger partial charge in [-0.1, -0.05) is 35.9 Å². The van der Waals surface area contributed by atoms with Gasteiger partial charge in [-0.15, -0.1) is 0 Å². The van der Waals surface area contributed by atoms with E-state index in [1.165, 1.54) is 11.0 Å². The van der Waals surface area contributed by atoms with Crippen LogP contribution in [-0.2, 0) is 44.6 Å². The molecule has 1 saturated heterocycles. The fraction of sp³-hybridized carbons (Fsp3) is 0.263. The number of anilines is 1. The number of amides is 2. The van der Waals surface area contributed by atoms with Crippen LogP contribution in [0, 0.1) is 0 Å². The van der Waals surface area contributed by atoms with E-state index in [4.69, 9.17) is 34.2 Å². The molecule has 0 saturated carbocycles. The van der Waals surface area contributed by atoms with E-state index in [2.05, 4.69) is 5.32 Å². The molecule has 16 heteroatoms. The second-order valence-corrected chi connectivity index (χ2v) is 15.6. The second kappa shape index (κ2) is 18.4. The van der Waals surface area contributed by atoms with Crippen LogP contribution in [0.5, 0.6) is 23.0 Å². The number of nitrogens with zero attached hydrogens (tertiary/aromatic N) is 1. The first-order chi connectivity index (χ1) is 25.8. The lowest BCUT2D eigenvalue weighted by Crippen LogP contribution is -2.39. The van der Waals surface area contributed by atoms with E-state index in [-0.39, 0.29) is 38.5 Å². The molecule has 2 atom stereocenters. The molecule has 1 N–H and O–H groups in total. The molecule has 5 rings (SSSR count). The summed E-state index contributed by atoms with van der Waals surface area (Å²) in [5.41, 5.74) is 1.72. The average molecular weight is 799 g/mol. The number of hydrogen-bond acceptors (Lipinski definition) is 11. The molecular weight excluding hydrogens is 760 g/mol. The summed E-state index contributed by atoms with van der Waals surface area (Å²) >= 11 is 5.93. The maximum Gasteiger partial charge on any atom is 0.313 e. The molecule has 54 heavy (non-hydrogen) atoms. The van der Waals surface area contributed by atoms with Gasteiger partial charge >= 0.3 is 11.8 Å². The van der Waals surface area contributed by atoms with Crippen molar-refractivity contribution in [3.8, 4) is 23.0 Å². The Kier molecular flexibility index (Phi) is 13.7. The number of rotatable bonds is 16. The molecule has 4 aromatic rings. The van der Waals surface area contributed by atoms with Crippen LogP contribution < -0.4 is 19.5 Å². The van der Waals surface area contributed by atoms with Gasteiger partial charge in [0.2, 0.25) is 0 Å². The van der Waals surface area contributed by atoms with Crippen LogP contribution in [0.3, 0.4) is 0 Å². The van der Waals surface area contributed by atoms with Crippen LogP contribution in [0.4, 0.5) is 5.69 Å². The van der Waals surface area contributed by atoms with Crippen LogP contribution in [0.1, 0.15) is 25.0 Å². The second-order valence-electron chi connectivity index (χ2n) is 11.9. The molecule has 1 aliphatic heterocycles. The van der Waals surface area contributed by atoms with Gasteiger partial charge in [-0.2, -0.15) is 16.8 Å². The summed E-state index contributed by atoms with van der Waals surface area (Å²) in [6.45, 7) is 3.31. The highest BCUT2D eigenvalue weighted by molar-refractivity contribution is 7.89. The third kappa shape index (κ3) is 12.0. The van der Waals surface area contributed by atoms with Gasteiger partial charge in [0.25, 0.3) is 20.2 Å². The molecule has 0 unspecified atom stereocenters. The molecule has 0 radical (unpaired) electrons. The Morgan fingerprint density at radius 2 is 1.26 bits per heavy atom. The van der Waals surface area contributed by atoms with Gasteiger partial charge in [-0.25, -0.2) is 0 Å². The first kappa shape index (κ1) is 40.3. The van der Waals surface area contributed by atoms with Crippen molar-refractivity contribution < 1.29 is 49.0 Å². The summed E-state index contributed by atoms with van der Waals surface area (Å²) in [4.78, 5) is 27.9. The van der Waals surface area contributed by atoms with E-state index >= 15 is 0 Å². The number of halogens is 1. The van der Waals surface area contributed by atoms with Crippen molar-refractivity contribution in [1.82, 2.24) is 4.90 Å². The molecular formula is C38H39ClN2O11S2. The zero-order valence-corrected chi connectivity index (χ0v) is 31.8. The van der Waals surface area contributed by atoms with Gasteiger partial charge in [0.1, 0.15) is 23.0 Å². The maximum atomic E-state index is 13.4. The van der Waals surface area contributed by atoms with Crippen LogP contribution in [-0.4, -0.2) is 77.8 Å². The highest BCUT2D eigenvalue weighted by atomic mass is 35.5. The fourth-order valence-corrected chi connectivity index (χ4v) is 7.12. The molecule has 4 aromatic carbocycles. The minimum atomic E-state index is -3.81. The Labute approximate surface area is 319 Å². The lowest BCUT2D eigenvalue weighted by molar-refractivity contribution is -0.142. The van der Waals surface area contributed by atoms with Gasteiger partial charge in [0.05, 0.1) is 37.5 Å². The van der Waals surface area contributed by atoms with Gasteiger partial charge in [0.15, 0.2) is 12.2 Å². The standard InChI is InChI=1S/C38H39ClN2O11S2/c1-3-48-53(44,45)23-21-27-5-13-33(14-6-27)51-35-25-41(26-36(35)52-34-15-7-28(8-16-34)22-24-54(46,47)49-4-2)38(43)37(42)40-30-11-19-32(20-12-30)50-31-17-9-29(39)10-18-31/h5-21,23,35-36H,3-4,22,24-26H2,1-2H3,(H,40,42)/b23-21+/t35-,36+/m1/s1. The van der Waals surface area contributed by atoms with Crippen molar-refractivity contribution in [2.45, 2.75) is 32.5 Å². The molecule has 0 aromatic heterocycles. The topological polar surface area (TPSA) is 164 Å². The number of carbonyl (C=O) groups excluding carboxylic acids is 2. The van der Waals surface area contributed by atoms with Crippen molar-refractivity contribution in [3.63, 3.8) is 0 Å². The van der Waals surface area contributed by atoms with Crippen LogP contribution in [0.25, 0.3) is 6.08 Å². The molecule has 1 fully saturated rings. The molecule has 0 spiro atoms. The Morgan fingerprint density at radius 1 is 0.741 bits per heavy atom. The molecule has 1 heterocycles. The Morgan fingerprint density at radius 3 is 1.81 bits per heavy atom. The fourth-order valence-electron chi connectivity index (χ4n) is 5.30.